The van der Waals surface area contributed by atoms with E-state index in [2.05, 4.69) is 5.32 Å². The predicted octanol–water partition coefficient (Wildman–Crippen LogP) is 2.04. The molecule has 22 heavy (non-hydrogen) atoms. The normalized spacial score (nSPS) is 11.5. The Morgan fingerprint density at radius 1 is 1.09 bits per heavy atom. The Balaban J connectivity index is 2.09. The molecule has 0 aliphatic rings. The van der Waals surface area contributed by atoms with E-state index in [9.17, 15) is 14.7 Å². The van der Waals surface area contributed by atoms with Crippen LogP contribution in [0.4, 0.5) is 0 Å². The van der Waals surface area contributed by atoms with Crippen molar-refractivity contribution >= 4 is 11.9 Å². The maximum atomic E-state index is 12.2. The highest BCUT2D eigenvalue weighted by atomic mass is 16.5. The number of ether oxygens (including phenoxy) is 1. The minimum Gasteiger partial charge on any atom is -0.508 e. The first-order valence-corrected chi connectivity index (χ1v) is 6.86. The zero-order valence-electron chi connectivity index (χ0n) is 12.2. The lowest BCUT2D eigenvalue weighted by atomic mass is 10.1. The SMILES string of the molecule is CC(=O)NC(Cc1ccc(O)cc1)C(=O)Oc1ccccc1. The Hall–Kier alpha value is -2.82. The maximum absolute atomic E-state index is 12.2. The summed E-state index contributed by atoms with van der Waals surface area (Å²) in [7, 11) is 0. The molecule has 0 heterocycles. The lowest BCUT2D eigenvalue weighted by molar-refractivity contribution is -0.139. The van der Waals surface area contributed by atoms with Crippen molar-refractivity contribution in [2.45, 2.75) is 19.4 Å². The number of benzene rings is 2. The second kappa shape index (κ2) is 7.26. The van der Waals surface area contributed by atoms with Gasteiger partial charge in [0.25, 0.3) is 0 Å². The van der Waals surface area contributed by atoms with Crippen LogP contribution in [0.25, 0.3) is 0 Å². The molecule has 1 atom stereocenters. The summed E-state index contributed by atoms with van der Waals surface area (Å²) in [6, 6.07) is 14.3. The third-order valence-electron chi connectivity index (χ3n) is 3.00. The molecule has 5 nitrogen and oxygen atoms in total. The summed E-state index contributed by atoms with van der Waals surface area (Å²) in [6.07, 6.45) is 0.283. The van der Waals surface area contributed by atoms with Crippen LogP contribution >= 0.6 is 0 Å². The van der Waals surface area contributed by atoms with Crippen LogP contribution in [0, 0.1) is 0 Å². The van der Waals surface area contributed by atoms with E-state index in [0.29, 0.717) is 5.75 Å². The van der Waals surface area contributed by atoms with Gasteiger partial charge in [0.15, 0.2) is 0 Å². The third-order valence-corrected chi connectivity index (χ3v) is 3.00. The second-order valence-electron chi connectivity index (χ2n) is 4.86. The van der Waals surface area contributed by atoms with Crippen LogP contribution < -0.4 is 10.1 Å². The van der Waals surface area contributed by atoms with Crippen molar-refractivity contribution in [3.8, 4) is 11.5 Å². The molecule has 5 heteroatoms. The van der Waals surface area contributed by atoms with Gasteiger partial charge in [-0.25, -0.2) is 4.79 Å². The monoisotopic (exact) mass is 299 g/mol. The van der Waals surface area contributed by atoms with Crippen molar-refractivity contribution in [1.82, 2.24) is 5.32 Å². The third kappa shape index (κ3) is 4.63. The largest absolute Gasteiger partial charge is 0.508 e. The van der Waals surface area contributed by atoms with Crippen molar-refractivity contribution in [3.63, 3.8) is 0 Å². The molecule has 0 bridgehead atoms. The van der Waals surface area contributed by atoms with Gasteiger partial charge in [0.05, 0.1) is 0 Å². The number of nitrogens with one attached hydrogen (secondary N) is 1. The Kier molecular flexibility index (Phi) is 5.14. The van der Waals surface area contributed by atoms with Crippen LogP contribution in [-0.2, 0) is 16.0 Å². The summed E-state index contributed by atoms with van der Waals surface area (Å²) in [6.45, 7) is 1.35. The van der Waals surface area contributed by atoms with Gasteiger partial charge in [-0.1, -0.05) is 30.3 Å². The number of para-hydroxylation sites is 1. The molecule has 0 spiro atoms. The standard InChI is InChI=1S/C17H17NO4/c1-12(19)18-16(11-13-7-9-14(20)10-8-13)17(21)22-15-5-3-2-4-6-15/h2-10,16,20H,11H2,1H3,(H,18,19). The van der Waals surface area contributed by atoms with E-state index in [1.165, 1.54) is 19.1 Å². The summed E-state index contributed by atoms with van der Waals surface area (Å²) >= 11 is 0. The van der Waals surface area contributed by atoms with Crippen molar-refractivity contribution in [2.75, 3.05) is 0 Å². The van der Waals surface area contributed by atoms with E-state index in [1.807, 2.05) is 6.07 Å². The van der Waals surface area contributed by atoms with Gasteiger partial charge in [0.2, 0.25) is 5.91 Å². The van der Waals surface area contributed by atoms with Crippen LogP contribution in [0.15, 0.2) is 54.6 Å². The molecule has 0 saturated carbocycles. The fourth-order valence-corrected chi connectivity index (χ4v) is 1.98. The molecule has 0 aliphatic heterocycles. The molecule has 1 unspecified atom stereocenters. The zero-order valence-corrected chi connectivity index (χ0v) is 12.2. The van der Waals surface area contributed by atoms with Crippen molar-refractivity contribution in [1.29, 1.82) is 0 Å². The quantitative estimate of drug-likeness (QED) is 0.654. The van der Waals surface area contributed by atoms with Crippen LogP contribution in [-0.4, -0.2) is 23.0 Å². The van der Waals surface area contributed by atoms with Gasteiger partial charge in [0, 0.05) is 13.3 Å². The topological polar surface area (TPSA) is 75.6 Å². The van der Waals surface area contributed by atoms with Crippen LogP contribution in [0.5, 0.6) is 11.5 Å². The minimum atomic E-state index is -0.790. The summed E-state index contributed by atoms with van der Waals surface area (Å²) in [4.78, 5) is 23.5. The highest BCUT2D eigenvalue weighted by molar-refractivity contribution is 5.84. The fourth-order valence-electron chi connectivity index (χ4n) is 1.98. The fraction of sp³-hybridized carbons (Fsp3) is 0.176. The van der Waals surface area contributed by atoms with E-state index >= 15 is 0 Å². The lowest BCUT2D eigenvalue weighted by Gasteiger charge is -2.16. The molecule has 0 radical (unpaired) electrons. The van der Waals surface area contributed by atoms with Gasteiger partial charge < -0.3 is 15.2 Å². The van der Waals surface area contributed by atoms with Gasteiger partial charge in [-0.05, 0) is 29.8 Å². The molecule has 0 aromatic heterocycles. The summed E-state index contributed by atoms with van der Waals surface area (Å²) < 4.78 is 5.27. The molecule has 1 amide bonds. The van der Waals surface area contributed by atoms with E-state index < -0.39 is 12.0 Å². The summed E-state index contributed by atoms with van der Waals surface area (Å²) in [5.41, 5.74) is 0.807. The molecule has 114 valence electrons. The van der Waals surface area contributed by atoms with Gasteiger partial charge in [0.1, 0.15) is 17.5 Å². The number of amides is 1. The lowest BCUT2D eigenvalue weighted by Crippen LogP contribution is -2.43. The highest BCUT2D eigenvalue weighted by Crippen LogP contribution is 2.14. The van der Waals surface area contributed by atoms with Gasteiger partial charge in [-0.15, -0.1) is 0 Å². The number of esters is 1. The van der Waals surface area contributed by atoms with E-state index in [-0.39, 0.29) is 18.1 Å². The maximum Gasteiger partial charge on any atom is 0.334 e. The van der Waals surface area contributed by atoms with Gasteiger partial charge in [-0.3, -0.25) is 4.79 Å². The second-order valence-corrected chi connectivity index (χ2v) is 4.86. The highest BCUT2D eigenvalue weighted by Gasteiger charge is 2.22. The van der Waals surface area contributed by atoms with Crippen molar-refractivity contribution in [2.24, 2.45) is 0 Å². The average Bonchev–Trinajstić information content (AvgIpc) is 2.49. The number of carbonyl (C=O) groups excluding carboxylic acids is 2. The van der Waals surface area contributed by atoms with Crippen LogP contribution in [0.1, 0.15) is 12.5 Å². The number of phenolic OH excluding ortho intramolecular Hbond substituents is 1. The first kappa shape index (κ1) is 15.6. The molecule has 0 saturated heterocycles. The Bertz CT molecular complexity index is 637. The average molecular weight is 299 g/mol. The van der Waals surface area contributed by atoms with Crippen LogP contribution in [0.2, 0.25) is 0 Å². The minimum absolute atomic E-state index is 0.145. The van der Waals surface area contributed by atoms with E-state index in [4.69, 9.17) is 4.74 Å². The van der Waals surface area contributed by atoms with E-state index in [1.54, 1.807) is 36.4 Å². The molecular weight excluding hydrogens is 282 g/mol. The Labute approximate surface area is 128 Å². The van der Waals surface area contributed by atoms with E-state index in [0.717, 1.165) is 5.56 Å². The smallest absolute Gasteiger partial charge is 0.334 e. The number of phenols is 1. The Morgan fingerprint density at radius 3 is 2.32 bits per heavy atom. The zero-order chi connectivity index (χ0) is 15.9. The molecule has 0 fully saturated rings. The molecule has 2 N–H and O–H groups in total. The molecular formula is C17H17NO4. The van der Waals surface area contributed by atoms with Gasteiger partial charge in [-0.2, -0.15) is 0 Å². The molecule has 2 rings (SSSR count). The summed E-state index contributed by atoms with van der Waals surface area (Å²) in [5, 5.41) is 11.9. The van der Waals surface area contributed by atoms with Crippen molar-refractivity contribution in [3.05, 3.63) is 60.2 Å². The first-order chi connectivity index (χ1) is 10.5. The Morgan fingerprint density at radius 2 is 1.73 bits per heavy atom. The molecule has 0 aliphatic carbocycles. The summed E-state index contributed by atoms with van der Waals surface area (Å²) in [5.74, 6) is -0.275. The predicted molar refractivity (Wildman–Crippen MR) is 81.5 cm³/mol. The molecule has 2 aromatic carbocycles. The molecule has 2 aromatic rings. The van der Waals surface area contributed by atoms with Gasteiger partial charge >= 0.3 is 5.97 Å². The number of hydrogen-bond donors (Lipinski definition) is 2. The number of carbonyl (C=O) groups is 2. The number of aromatic hydroxyl groups is 1. The first-order valence-electron chi connectivity index (χ1n) is 6.86. The number of hydrogen-bond acceptors (Lipinski definition) is 4. The number of rotatable bonds is 5. The van der Waals surface area contributed by atoms with Crippen LogP contribution in [0.3, 0.4) is 0 Å². The van der Waals surface area contributed by atoms with Crippen molar-refractivity contribution < 1.29 is 19.4 Å².